The van der Waals surface area contributed by atoms with Gasteiger partial charge in [-0.2, -0.15) is 11.8 Å². The second-order valence-corrected chi connectivity index (χ2v) is 7.57. The van der Waals surface area contributed by atoms with Crippen LogP contribution in [0.3, 0.4) is 0 Å². The van der Waals surface area contributed by atoms with Gasteiger partial charge in [0.15, 0.2) is 5.78 Å². The standard InChI is InChI=1S/C14H18N2OS2/c1-2-12-13(19-7-6-18-12)14-15-8-9-10(16-14)4-3-5-11(9)17/h8,12-13H,2-7H2,1H3. The molecule has 5 heteroatoms. The van der Waals surface area contributed by atoms with Crippen molar-refractivity contribution in [2.75, 3.05) is 11.5 Å². The molecule has 0 spiro atoms. The van der Waals surface area contributed by atoms with Gasteiger partial charge in [-0.15, -0.1) is 11.8 Å². The average molecular weight is 294 g/mol. The van der Waals surface area contributed by atoms with Crippen LogP contribution in [-0.2, 0) is 6.42 Å². The molecule has 2 aliphatic rings. The first-order valence-corrected chi connectivity index (χ1v) is 9.01. The third kappa shape index (κ3) is 2.68. The van der Waals surface area contributed by atoms with E-state index in [4.69, 9.17) is 4.98 Å². The van der Waals surface area contributed by atoms with Crippen LogP contribution in [0.4, 0.5) is 0 Å². The van der Waals surface area contributed by atoms with Crippen LogP contribution in [0, 0.1) is 0 Å². The predicted molar refractivity (Wildman–Crippen MR) is 81.0 cm³/mol. The summed E-state index contributed by atoms with van der Waals surface area (Å²) in [7, 11) is 0. The van der Waals surface area contributed by atoms with Crippen LogP contribution in [0.25, 0.3) is 0 Å². The van der Waals surface area contributed by atoms with Crippen molar-refractivity contribution in [1.82, 2.24) is 9.97 Å². The summed E-state index contributed by atoms with van der Waals surface area (Å²) in [6.45, 7) is 2.23. The van der Waals surface area contributed by atoms with Crippen molar-refractivity contribution in [2.45, 2.75) is 43.1 Å². The van der Waals surface area contributed by atoms with E-state index in [-0.39, 0.29) is 5.78 Å². The van der Waals surface area contributed by atoms with Gasteiger partial charge in [0.25, 0.3) is 0 Å². The molecule has 1 fully saturated rings. The zero-order valence-corrected chi connectivity index (χ0v) is 12.7. The molecule has 0 N–H and O–H groups in total. The van der Waals surface area contributed by atoms with Crippen LogP contribution < -0.4 is 0 Å². The van der Waals surface area contributed by atoms with Gasteiger partial charge >= 0.3 is 0 Å². The van der Waals surface area contributed by atoms with Crippen molar-refractivity contribution in [2.24, 2.45) is 0 Å². The predicted octanol–water partition coefficient (Wildman–Crippen LogP) is 3.30. The molecule has 0 aromatic carbocycles. The summed E-state index contributed by atoms with van der Waals surface area (Å²) in [4.78, 5) is 21.0. The minimum absolute atomic E-state index is 0.213. The van der Waals surface area contributed by atoms with E-state index in [2.05, 4.69) is 11.9 Å². The molecule has 0 radical (unpaired) electrons. The molecule has 1 aliphatic carbocycles. The summed E-state index contributed by atoms with van der Waals surface area (Å²) in [5.41, 5.74) is 1.74. The molecule has 2 unspecified atom stereocenters. The van der Waals surface area contributed by atoms with E-state index in [1.54, 1.807) is 6.20 Å². The van der Waals surface area contributed by atoms with E-state index in [0.29, 0.717) is 16.9 Å². The van der Waals surface area contributed by atoms with Crippen molar-refractivity contribution >= 4 is 29.3 Å². The smallest absolute Gasteiger partial charge is 0.166 e. The molecule has 1 aliphatic heterocycles. The first-order chi connectivity index (χ1) is 9.29. The van der Waals surface area contributed by atoms with Crippen molar-refractivity contribution in [1.29, 1.82) is 0 Å². The molecular weight excluding hydrogens is 276 g/mol. The van der Waals surface area contributed by atoms with Crippen molar-refractivity contribution in [3.63, 3.8) is 0 Å². The topological polar surface area (TPSA) is 42.9 Å². The normalized spacial score (nSPS) is 27.1. The highest BCUT2D eigenvalue weighted by Gasteiger charge is 2.30. The Bertz CT molecular complexity index is 492. The lowest BCUT2D eigenvalue weighted by Crippen LogP contribution is -2.22. The van der Waals surface area contributed by atoms with Crippen LogP contribution in [0.1, 0.15) is 53.3 Å². The van der Waals surface area contributed by atoms with Gasteiger partial charge < -0.3 is 0 Å². The molecule has 102 valence electrons. The number of Topliss-reactive ketones (excluding diaryl/α,β-unsaturated/α-hetero) is 1. The molecule has 2 heterocycles. The van der Waals surface area contributed by atoms with Crippen LogP contribution in [0.2, 0.25) is 0 Å². The van der Waals surface area contributed by atoms with Crippen LogP contribution in [-0.4, -0.2) is 32.5 Å². The minimum Gasteiger partial charge on any atom is -0.294 e. The van der Waals surface area contributed by atoms with Crippen LogP contribution >= 0.6 is 23.5 Å². The number of ketones is 1. The van der Waals surface area contributed by atoms with E-state index < -0.39 is 0 Å². The van der Waals surface area contributed by atoms with E-state index in [1.165, 1.54) is 11.5 Å². The number of nitrogens with zero attached hydrogens (tertiary/aromatic N) is 2. The van der Waals surface area contributed by atoms with Gasteiger partial charge in [0.2, 0.25) is 0 Å². The van der Waals surface area contributed by atoms with Crippen molar-refractivity contribution in [3.8, 4) is 0 Å². The third-order valence-corrected chi connectivity index (χ3v) is 6.95. The average Bonchev–Trinajstić information content (AvgIpc) is 2.47. The molecular formula is C14H18N2OS2. The number of carbonyl (C=O) groups excluding carboxylic acids is 1. The highest BCUT2D eigenvalue weighted by atomic mass is 32.2. The van der Waals surface area contributed by atoms with E-state index >= 15 is 0 Å². The van der Waals surface area contributed by atoms with Gasteiger partial charge in [-0.1, -0.05) is 6.92 Å². The third-order valence-electron chi connectivity index (χ3n) is 3.71. The number of hydrogen-bond donors (Lipinski definition) is 0. The van der Waals surface area contributed by atoms with Crippen LogP contribution in [0.5, 0.6) is 0 Å². The summed E-state index contributed by atoms with van der Waals surface area (Å²) in [5, 5.41) is 1.00. The number of rotatable bonds is 2. The maximum absolute atomic E-state index is 11.8. The lowest BCUT2D eigenvalue weighted by atomic mass is 9.96. The fraction of sp³-hybridized carbons (Fsp3) is 0.643. The summed E-state index contributed by atoms with van der Waals surface area (Å²) in [5.74, 6) is 3.55. The zero-order chi connectivity index (χ0) is 13.2. The van der Waals surface area contributed by atoms with Crippen molar-refractivity contribution < 1.29 is 4.79 Å². The summed E-state index contributed by atoms with van der Waals surface area (Å²) >= 11 is 4.01. The fourth-order valence-corrected chi connectivity index (χ4v) is 5.69. The molecule has 1 saturated heterocycles. The highest BCUT2D eigenvalue weighted by Crippen LogP contribution is 2.42. The van der Waals surface area contributed by atoms with Gasteiger partial charge in [-0.25, -0.2) is 9.97 Å². The lowest BCUT2D eigenvalue weighted by molar-refractivity contribution is 0.0971. The van der Waals surface area contributed by atoms with Crippen molar-refractivity contribution in [3.05, 3.63) is 23.3 Å². The Morgan fingerprint density at radius 3 is 3.00 bits per heavy atom. The quantitative estimate of drug-likeness (QED) is 0.837. The fourth-order valence-electron chi connectivity index (χ4n) is 2.69. The van der Waals surface area contributed by atoms with Crippen LogP contribution in [0.15, 0.2) is 6.20 Å². The Morgan fingerprint density at radius 2 is 2.16 bits per heavy atom. The van der Waals surface area contributed by atoms with Gasteiger partial charge in [0, 0.05) is 29.4 Å². The summed E-state index contributed by atoms with van der Waals surface area (Å²) in [6.07, 6.45) is 5.44. The minimum atomic E-state index is 0.213. The molecule has 0 saturated carbocycles. The number of aromatic nitrogens is 2. The number of hydrogen-bond acceptors (Lipinski definition) is 5. The van der Waals surface area contributed by atoms with Gasteiger partial charge in [0.1, 0.15) is 5.82 Å². The largest absolute Gasteiger partial charge is 0.294 e. The Balaban J connectivity index is 1.90. The molecule has 1 aromatic heterocycles. The molecule has 19 heavy (non-hydrogen) atoms. The Labute approximate surface area is 122 Å². The first-order valence-electron chi connectivity index (χ1n) is 6.92. The molecule has 0 amide bonds. The maximum atomic E-state index is 11.8. The van der Waals surface area contributed by atoms with E-state index in [0.717, 1.165) is 36.3 Å². The molecule has 0 bridgehead atoms. The molecule has 3 nitrogen and oxygen atoms in total. The van der Waals surface area contributed by atoms with E-state index in [1.807, 2.05) is 23.5 Å². The lowest BCUT2D eigenvalue weighted by Gasteiger charge is -2.29. The Morgan fingerprint density at radius 1 is 1.32 bits per heavy atom. The molecule has 3 rings (SSSR count). The number of thioether (sulfide) groups is 2. The monoisotopic (exact) mass is 294 g/mol. The van der Waals surface area contributed by atoms with Gasteiger partial charge in [0.05, 0.1) is 16.5 Å². The highest BCUT2D eigenvalue weighted by molar-refractivity contribution is 8.06. The van der Waals surface area contributed by atoms with E-state index in [9.17, 15) is 4.79 Å². The molecule has 1 aromatic rings. The number of carbonyl (C=O) groups is 1. The summed E-state index contributed by atoms with van der Waals surface area (Å²) in [6, 6.07) is 0. The van der Waals surface area contributed by atoms with Gasteiger partial charge in [-0.3, -0.25) is 4.79 Å². The molecule has 2 atom stereocenters. The second-order valence-electron chi connectivity index (χ2n) is 4.97. The SMILES string of the molecule is CCC1SCCSC1c1ncc2c(n1)CCCC2=O. The van der Waals surface area contributed by atoms with Gasteiger partial charge in [-0.05, 0) is 19.3 Å². The zero-order valence-electron chi connectivity index (χ0n) is 11.1. The number of aryl methyl sites for hydroxylation is 1. The summed E-state index contributed by atoms with van der Waals surface area (Å²) < 4.78 is 0. The number of fused-ring (bicyclic) bond motifs is 1. The Hall–Kier alpha value is -0.550. The second kappa shape index (κ2) is 5.83. The Kier molecular flexibility index (Phi) is 4.12. The first kappa shape index (κ1) is 13.4. The maximum Gasteiger partial charge on any atom is 0.166 e.